The number of carbonyl (C=O) groups excluding carboxylic acids is 7. The van der Waals surface area contributed by atoms with Gasteiger partial charge in [-0.15, -0.1) is 0 Å². The number of likely N-dealkylation sites (tertiary alicyclic amines) is 1. The first-order valence-corrected chi connectivity index (χ1v) is 20.6. The molecule has 7 N–H and O–H groups in total. The third kappa shape index (κ3) is 13.6. The highest BCUT2D eigenvalue weighted by molar-refractivity contribution is 6.39. The van der Waals surface area contributed by atoms with Crippen LogP contribution in [0.3, 0.4) is 0 Å². The quantitative estimate of drug-likeness (QED) is 0.0386. The van der Waals surface area contributed by atoms with Gasteiger partial charge < -0.3 is 46.7 Å². The fraction of sp³-hybridized carbons (Fsp3) is 0.463. The Morgan fingerprint density at radius 3 is 2.20 bits per heavy atom. The first-order valence-electron chi connectivity index (χ1n) is 19.8. The van der Waals surface area contributed by atoms with Crippen LogP contribution < -0.4 is 27.0 Å². The summed E-state index contributed by atoms with van der Waals surface area (Å²) in [6.45, 7) is 5.69. The van der Waals surface area contributed by atoms with Gasteiger partial charge in [0, 0.05) is 51.3 Å². The van der Waals surface area contributed by atoms with Crippen LogP contribution in [0, 0.1) is 11.2 Å². The lowest BCUT2D eigenvalue weighted by molar-refractivity contribution is -0.124. The standard InChI is InChI=1S/C41H51Cl2FN8O9/c1-3-5-34(54)33(9-8-24(2)53)52-40(58)26-20-30(44)31(21-27(26)41(52)59)47-12-16-60-18-19-61-17-13-48-35(55)23-51-14-10-25(11-15-51)49-39(57)37(46)32(22-45)50-38(56)36-28(42)6-4-7-29(36)43/h4,6-7,20-22,25,33,45,47H,3,5,8-19,23,46H2,1-2H3,(H,48,55)(H,49,57)(H,50,56)/b37-32+,45-22?. The van der Waals surface area contributed by atoms with Crippen molar-refractivity contribution in [1.29, 1.82) is 5.41 Å². The number of nitrogens with zero attached hydrogens (tertiary/aromatic N) is 2. The second-order valence-electron chi connectivity index (χ2n) is 14.4. The highest BCUT2D eigenvalue weighted by atomic mass is 35.5. The van der Waals surface area contributed by atoms with Gasteiger partial charge in [-0.3, -0.25) is 38.6 Å². The van der Waals surface area contributed by atoms with Crippen LogP contribution in [-0.4, -0.2) is 128 Å². The number of nitrogens with two attached hydrogens (primary N) is 1. The number of fused-ring (bicyclic) bond motifs is 1. The molecule has 330 valence electrons. The van der Waals surface area contributed by atoms with E-state index in [0.717, 1.165) is 17.2 Å². The summed E-state index contributed by atoms with van der Waals surface area (Å²) in [5.41, 5.74) is 5.22. The highest BCUT2D eigenvalue weighted by Gasteiger charge is 2.43. The van der Waals surface area contributed by atoms with E-state index in [1.54, 1.807) is 13.0 Å². The van der Waals surface area contributed by atoms with Crippen molar-refractivity contribution < 1.29 is 47.4 Å². The number of imide groups is 1. The Balaban J connectivity index is 1.08. The van der Waals surface area contributed by atoms with Crippen molar-refractivity contribution in [2.75, 3.05) is 64.5 Å². The number of rotatable bonds is 24. The van der Waals surface area contributed by atoms with E-state index < -0.39 is 35.5 Å². The molecule has 5 amide bonds. The number of ketones is 2. The molecule has 2 aliphatic rings. The number of ether oxygens (including phenoxy) is 2. The topological polar surface area (TPSA) is 242 Å². The molecule has 1 fully saturated rings. The molecule has 17 nitrogen and oxygen atoms in total. The normalized spacial score (nSPS) is 15.1. The van der Waals surface area contributed by atoms with Crippen LogP contribution in [0.1, 0.15) is 83.4 Å². The van der Waals surface area contributed by atoms with Gasteiger partial charge in [-0.05, 0) is 56.9 Å². The van der Waals surface area contributed by atoms with Gasteiger partial charge >= 0.3 is 0 Å². The summed E-state index contributed by atoms with van der Waals surface area (Å²) >= 11 is 12.2. The molecule has 2 aliphatic heterocycles. The van der Waals surface area contributed by atoms with E-state index in [2.05, 4.69) is 21.3 Å². The van der Waals surface area contributed by atoms with E-state index >= 15 is 0 Å². The Morgan fingerprint density at radius 1 is 0.967 bits per heavy atom. The molecular formula is C41H51Cl2FN8O9. The lowest BCUT2D eigenvalue weighted by atomic mass is 10.0. The van der Waals surface area contributed by atoms with E-state index in [0.29, 0.717) is 32.4 Å². The summed E-state index contributed by atoms with van der Waals surface area (Å²) in [4.78, 5) is 91.7. The zero-order valence-corrected chi connectivity index (χ0v) is 35.5. The van der Waals surface area contributed by atoms with E-state index in [9.17, 15) is 38.0 Å². The molecule has 0 saturated carbocycles. The second-order valence-corrected chi connectivity index (χ2v) is 15.2. The van der Waals surface area contributed by atoms with E-state index in [1.165, 1.54) is 25.1 Å². The minimum Gasteiger partial charge on any atom is -0.393 e. The lowest BCUT2D eigenvalue weighted by Gasteiger charge is -2.31. The Labute approximate surface area is 362 Å². The average Bonchev–Trinajstić information content (AvgIpc) is 3.45. The third-order valence-corrected chi connectivity index (χ3v) is 10.5. The Bertz CT molecular complexity index is 2010. The number of Topliss-reactive ketones (excluding diaryl/α,β-unsaturated/α-hetero) is 2. The number of piperidine rings is 1. The summed E-state index contributed by atoms with van der Waals surface area (Å²) in [5, 5.41) is 18.7. The summed E-state index contributed by atoms with van der Waals surface area (Å²) in [6, 6.07) is 5.41. The van der Waals surface area contributed by atoms with Crippen molar-refractivity contribution >= 4 is 76.2 Å². The predicted octanol–water partition coefficient (Wildman–Crippen LogP) is 3.23. The summed E-state index contributed by atoms with van der Waals surface area (Å²) in [5.74, 6) is -4.31. The van der Waals surface area contributed by atoms with Crippen LogP contribution in [0.4, 0.5) is 10.1 Å². The van der Waals surface area contributed by atoms with Gasteiger partial charge in [-0.25, -0.2) is 4.39 Å². The van der Waals surface area contributed by atoms with Crippen LogP contribution >= 0.6 is 23.2 Å². The first kappa shape index (κ1) is 48.4. The van der Waals surface area contributed by atoms with E-state index in [-0.39, 0.29) is 133 Å². The summed E-state index contributed by atoms with van der Waals surface area (Å²) in [6.07, 6.45) is 2.51. The van der Waals surface area contributed by atoms with Gasteiger partial charge in [-0.2, -0.15) is 0 Å². The van der Waals surface area contributed by atoms with Crippen molar-refractivity contribution in [1.82, 2.24) is 25.8 Å². The van der Waals surface area contributed by atoms with Gasteiger partial charge in [-0.1, -0.05) is 36.2 Å². The van der Waals surface area contributed by atoms with Crippen molar-refractivity contribution in [3.8, 4) is 0 Å². The average molecular weight is 890 g/mol. The molecule has 1 atom stereocenters. The molecule has 61 heavy (non-hydrogen) atoms. The number of anilines is 1. The molecule has 1 unspecified atom stereocenters. The molecule has 2 aromatic rings. The number of amides is 5. The number of allylic oxidation sites excluding steroid dienone is 1. The first-order chi connectivity index (χ1) is 29.2. The predicted molar refractivity (Wildman–Crippen MR) is 225 cm³/mol. The maximum Gasteiger partial charge on any atom is 0.269 e. The fourth-order valence-corrected chi connectivity index (χ4v) is 7.26. The Kier molecular flexibility index (Phi) is 18.8. The SMILES string of the molecule is CCCC(=O)C(CCC(C)=O)N1C(=O)c2cc(F)c(NCCOCCOCCNC(=O)CN3CCC(NC(=O)/C(N)=C(/C=N)NC(=O)c4c(Cl)cccc4Cl)CC3)cc2C1=O. The number of carbonyl (C=O) groups is 7. The summed E-state index contributed by atoms with van der Waals surface area (Å²) in [7, 11) is 0. The molecule has 2 aromatic carbocycles. The Morgan fingerprint density at radius 2 is 1.59 bits per heavy atom. The van der Waals surface area contributed by atoms with E-state index in [4.69, 9.17) is 43.8 Å². The molecule has 0 bridgehead atoms. The van der Waals surface area contributed by atoms with Gasteiger partial charge in [0.1, 0.15) is 17.3 Å². The molecular weight excluding hydrogens is 838 g/mol. The minimum atomic E-state index is -1.10. The summed E-state index contributed by atoms with van der Waals surface area (Å²) < 4.78 is 26.0. The number of hydrogen-bond donors (Lipinski definition) is 6. The van der Waals surface area contributed by atoms with E-state index in [1.807, 2.05) is 4.90 Å². The van der Waals surface area contributed by atoms with Crippen LogP contribution in [-0.2, 0) is 28.7 Å². The minimum absolute atomic E-state index is 0.00832. The molecule has 1 saturated heterocycles. The van der Waals surface area contributed by atoms with Crippen LogP contribution in [0.15, 0.2) is 41.7 Å². The van der Waals surface area contributed by atoms with Crippen molar-refractivity contribution in [3.63, 3.8) is 0 Å². The van der Waals surface area contributed by atoms with Crippen LogP contribution in [0.5, 0.6) is 0 Å². The van der Waals surface area contributed by atoms with Gasteiger partial charge in [0.05, 0.1) is 77.1 Å². The second kappa shape index (κ2) is 23.7. The number of benzene rings is 2. The number of hydrogen-bond acceptors (Lipinski definition) is 13. The highest BCUT2D eigenvalue weighted by Crippen LogP contribution is 2.31. The smallest absolute Gasteiger partial charge is 0.269 e. The fourth-order valence-electron chi connectivity index (χ4n) is 6.69. The maximum absolute atomic E-state index is 15.0. The molecule has 20 heteroatoms. The number of halogens is 3. The Hall–Kier alpha value is -5.27. The molecule has 0 aliphatic carbocycles. The molecule has 2 heterocycles. The zero-order chi connectivity index (χ0) is 44.6. The van der Waals surface area contributed by atoms with Crippen molar-refractivity contribution in [2.45, 2.75) is 64.5 Å². The monoisotopic (exact) mass is 888 g/mol. The third-order valence-electron chi connectivity index (χ3n) is 9.86. The van der Waals surface area contributed by atoms with Gasteiger partial charge in [0.15, 0.2) is 5.78 Å². The van der Waals surface area contributed by atoms with Gasteiger partial charge in [0.25, 0.3) is 23.6 Å². The van der Waals surface area contributed by atoms with Crippen molar-refractivity contribution in [2.24, 2.45) is 5.73 Å². The maximum atomic E-state index is 15.0. The van der Waals surface area contributed by atoms with Crippen LogP contribution in [0.2, 0.25) is 10.0 Å². The molecule has 4 rings (SSSR count). The number of nitrogens with one attached hydrogen (secondary N) is 5. The molecule has 0 aromatic heterocycles. The lowest BCUT2D eigenvalue weighted by Crippen LogP contribution is -2.48. The van der Waals surface area contributed by atoms with Crippen LogP contribution in [0.25, 0.3) is 0 Å². The molecule has 0 radical (unpaired) electrons. The zero-order valence-electron chi connectivity index (χ0n) is 34.0. The van der Waals surface area contributed by atoms with Gasteiger partial charge in [0.2, 0.25) is 5.91 Å². The van der Waals surface area contributed by atoms with Crippen molar-refractivity contribution in [3.05, 3.63) is 74.3 Å². The largest absolute Gasteiger partial charge is 0.393 e. The molecule has 0 spiro atoms.